The van der Waals surface area contributed by atoms with Crippen LogP contribution < -0.4 is 9.46 Å². The van der Waals surface area contributed by atoms with Gasteiger partial charge in [0.15, 0.2) is 0 Å². The summed E-state index contributed by atoms with van der Waals surface area (Å²) in [7, 11) is -1.07. The Morgan fingerprint density at radius 3 is 2.75 bits per heavy atom. The largest absolute Gasteiger partial charge is 0.495 e. The molecule has 1 fully saturated rings. The number of carbonyl (C=O) groups is 2. The molecule has 0 amide bonds. The van der Waals surface area contributed by atoms with Crippen LogP contribution in [0.3, 0.4) is 0 Å². The van der Waals surface area contributed by atoms with E-state index in [1.54, 1.807) is 6.07 Å². The van der Waals surface area contributed by atoms with Crippen molar-refractivity contribution in [2.24, 2.45) is 0 Å². The maximum absolute atomic E-state index is 12.0. The fourth-order valence-electron chi connectivity index (χ4n) is 2.05. The normalized spacial score (nSPS) is 17.8. The number of ether oxygens (including phenoxy) is 3. The van der Waals surface area contributed by atoms with Gasteiger partial charge in [0.05, 0.1) is 13.7 Å². The lowest BCUT2D eigenvalue weighted by molar-refractivity contribution is -0.156. The highest BCUT2D eigenvalue weighted by molar-refractivity contribution is 7.89. The van der Waals surface area contributed by atoms with Gasteiger partial charge < -0.3 is 14.2 Å². The van der Waals surface area contributed by atoms with Gasteiger partial charge in [0.2, 0.25) is 16.1 Å². The number of hydrogen-bond donors (Lipinski definition) is 1. The Bertz CT molecular complexity index is 770. The summed E-state index contributed by atoms with van der Waals surface area (Å²) in [5, 5.41) is 0. The van der Waals surface area contributed by atoms with Gasteiger partial charge in [0, 0.05) is 12.5 Å². The van der Waals surface area contributed by atoms with Crippen LogP contribution in [-0.4, -0.2) is 47.2 Å². The first-order chi connectivity index (χ1) is 11.4. The minimum atomic E-state index is -3.71. The number of esters is 2. The fraction of sp³-hybridized carbons (Fsp3) is 0.333. The predicted octanol–water partition coefficient (Wildman–Crippen LogP) is 0.475. The first-order valence-electron chi connectivity index (χ1n) is 7.04. The first kappa shape index (κ1) is 18.0. The van der Waals surface area contributed by atoms with Crippen molar-refractivity contribution in [2.45, 2.75) is 17.4 Å². The highest BCUT2D eigenvalue weighted by atomic mass is 32.2. The Hall–Kier alpha value is -2.39. The lowest BCUT2D eigenvalue weighted by Gasteiger charge is -2.09. The molecular formula is C15H17NO7S. The zero-order valence-corrected chi connectivity index (χ0v) is 14.0. The smallest absolute Gasteiger partial charge is 0.347 e. The van der Waals surface area contributed by atoms with Gasteiger partial charge in [-0.25, -0.2) is 22.7 Å². The van der Waals surface area contributed by atoms with Crippen LogP contribution in [-0.2, 0) is 29.1 Å². The maximum atomic E-state index is 12.0. The van der Waals surface area contributed by atoms with E-state index in [1.807, 2.05) is 0 Å². The molecule has 0 saturated carbocycles. The van der Waals surface area contributed by atoms with Crippen molar-refractivity contribution < 1.29 is 32.2 Å². The lowest BCUT2D eigenvalue weighted by Crippen LogP contribution is -2.21. The Balaban J connectivity index is 2.16. The summed E-state index contributed by atoms with van der Waals surface area (Å²) < 4.78 is 40.8. The standard InChI is InChI=1S/C15H17NO7S/c1-16-24(19,20)13-9-10(3-5-11(13)21-2)4-6-14(17)23-12-7-8-22-15(12)18/h3-6,9,12,16H,7-8H2,1-2H3/b6-4+/t12-/m0/s1. The molecule has 0 bridgehead atoms. The van der Waals surface area contributed by atoms with Gasteiger partial charge in [-0.05, 0) is 30.8 Å². The molecule has 24 heavy (non-hydrogen) atoms. The zero-order valence-electron chi connectivity index (χ0n) is 13.1. The third-order valence-corrected chi connectivity index (χ3v) is 4.74. The van der Waals surface area contributed by atoms with Crippen molar-refractivity contribution >= 4 is 28.0 Å². The zero-order chi connectivity index (χ0) is 17.7. The minimum Gasteiger partial charge on any atom is -0.495 e. The summed E-state index contributed by atoms with van der Waals surface area (Å²) in [6.07, 6.45) is 1.93. The molecule has 0 unspecified atom stereocenters. The van der Waals surface area contributed by atoms with Gasteiger partial charge in [-0.2, -0.15) is 0 Å². The Morgan fingerprint density at radius 2 is 2.17 bits per heavy atom. The van der Waals surface area contributed by atoms with E-state index >= 15 is 0 Å². The van der Waals surface area contributed by atoms with Crippen LogP contribution in [0.25, 0.3) is 6.08 Å². The summed E-state index contributed by atoms with van der Waals surface area (Å²) >= 11 is 0. The second kappa shape index (κ2) is 7.45. The number of carbonyl (C=O) groups excluding carboxylic acids is 2. The Labute approximate surface area is 139 Å². The molecule has 1 N–H and O–H groups in total. The summed E-state index contributed by atoms with van der Waals surface area (Å²) in [4.78, 5) is 22.9. The molecule has 0 radical (unpaired) electrons. The molecule has 1 aliphatic rings. The summed E-state index contributed by atoms with van der Waals surface area (Å²) in [5.41, 5.74) is 0.454. The van der Waals surface area contributed by atoms with Gasteiger partial charge in [-0.3, -0.25) is 0 Å². The number of cyclic esters (lactones) is 1. The topological polar surface area (TPSA) is 108 Å². The molecule has 0 aromatic heterocycles. The predicted molar refractivity (Wildman–Crippen MR) is 83.7 cm³/mol. The summed E-state index contributed by atoms with van der Waals surface area (Å²) in [5.74, 6) is -1.10. The minimum absolute atomic E-state index is 0.0533. The van der Waals surface area contributed by atoms with Crippen LogP contribution in [0.1, 0.15) is 12.0 Å². The van der Waals surface area contributed by atoms with E-state index in [0.717, 1.165) is 6.08 Å². The SMILES string of the molecule is CNS(=O)(=O)c1cc(/C=C/C(=O)O[C@H]2CCOC2=O)ccc1OC. The first-order valence-corrected chi connectivity index (χ1v) is 8.52. The molecule has 1 aromatic carbocycles. The fourth-order valence-corrected chi connectivity index (χ4v) is 2.97. The second-order valence-electron chi connectivity index (χ2n) is 4.83. The highest BCUT2D eigenvalue weighted by Crippen LogP contribution is 2.25. The number of nitrogens with one attached hydrogen (secondary N) is 1. The molecule has 8 nitrogen and oxygen atoms in total. The van der Waals surface area contributed by atoms with Crippen LogP contribution in [0.5, 0.6) is 5.75 Å². The van der Waals surface area contributed by atoms with Crippen LogP contribution >= 0.6 is 0 Å². The monoisotopic (exact) mass is 355 g/mol. The van der Waals surface area contributed by atoms with Gasteiger partial charge in [-0.15, -0.1) is 0 Å². The average molecular weight is 355 g/mol. The van der Waals surface area contributed by atoms with Gasteiger partial charge in [0.1, 0.15) is 10.6 Å². The average Bonchev–Trinajstić information content (AvgIpc) is 2.97. The van der Waals surface area contributed by atoms with Crippen molar-refractivity contribution in [3.8, 4) is 5.75 Å². The third kappa shape index (κ3) is 4.12. The van der Waals surface area contributed by atoms with E-state index in [0.29, 0.717) is 12.0 Å². The number of sulfonamides is 1. The van der Waals surface area contributed by atoms with Crippen molar-refractivity contribution in [3.63, 3.8) is 0 Å². The summed E-state index contributed by atoms with van der Waals surface area (Å²) in [6, 6.07) is 4.42. The molecule has 2 rings (SSSR count). The molecule has 0 spiro atoms. The lowest BCUT2D eigenvalue weighted by atomic mass is 10.2. The van der Waals surface area contributed by atoms with Crippen molar-refractivity contribution in [1.82, 2.24) is 4.72 Å². The van der Waals surface area contributed by atoms with E-state index in [1.165, 1.54) is 32.4 Å². The van der Waals surface area contributed by atoms with E-state index in [2.05, 4.69) is 4.72 Å². The van der Waals surface area contributed by atoms with E-state index in [9.17, 15) is 18.0 Å². The molecule has 1 saturated heterocycles. The molecule has 1 aliphatic heterocycles. The van der Waals surface area contributed by atoms with Crippen LogP contribution in [0.15, 0.2) is 29.2 Å². The van der Waals surface area contributed by atoms with Gasteiger partial charge >= 0.3 is 11.9 Å². The molecular weight excluding hydrogens is 338 g/mol. The van der Waals surface area contributed by atoms with E-state index in [4.69, 9.17) is 14.2 Å². The quantitative estimate of drug-likeness (QED) is 0.584. The van der Waals surface area contributed by atoms with Crippen molar-refractivity contribution in [1.29, 1.82) is 0 Å². The van der Waals surface area contributed by atoms with Crippen LogP contribution in [0.4, 0.5) is 0 Å². The number of hydrogen-bond acceptors (Lipinski definition) is 7. The highest BCUT2D eigenvalue weighted by Gasteiger charge is 2.29. The number of benzene rings is 1. The Morgan fingerprint density at radius 1 is 1.42 bits per heavy atom. The summed E-state index contributed by atoms with van der Waals surface area (Å²) in [6.45, 7) is 0.226. The van der Waals surface area contributed by atoms with Crippen LogP contribution in [0, 0.1) is 0 Å². The number of rotatable bonds is 6. The maximum Gasteiger partial charge on any atom is 0.347 e. The van der Waals surface area contributed by atoms with E-state index in [-0.39, 0.29) is 17.3 Å². The van der Waals surface area contributed by atoms with Gasteiger partial charge in [0.25, 0.3) is 0 Å². The molecule has 0 aliphatic carbocycles. The molecule has 9 heteroatoms. The van der Waals surface area contributed by atoms with Gasteiger partial charge in [-0.1, -0.05) is 6.07 Å². The van der Waals surface area contributed by atoms with Crippen LogP contribution in [0.2, 0.25) is 0 Å². The third-order valence-electron chi connectivity index (χ3n) is 3.30. The Kier molecular flexibility index (Phi) is 5.58. The second-order valence-corrected chi connectivity index (χ2v) is 6.69. The molecule has 130 valence electrons. The molecule has 1 heterocycles. The van der Waals surface area contributed by atoms with Crippen molar-refractivity contribution in [2.75, 3.05) is 20.8 Å². The van der Waals surface area contributed by atoms with Crippen molar-refractivity contribution in [3.05, 3.63) is 29.8 Å². The molecule has 1 atom stereocenters. The van der Waals surface area contributed by atoms with E-state index < -0.39 is 28.1 Å². The molecule has 1 aromatic rings. The number of methoxy groups -OCH3 is 1.